The Kier molecular flexibility index (Phi) is 7.55. The van der Waals surface area contributed by atoms with Crippen LogP contribution < -0.4 is 10.1 Å². The summed E-state index contributed by atoms with van der Waals surface area (Å²) in [6.07, 6.45) is 8.36. The maximum Gasteiger partial charge on any atom is 0.198 e. The summed E-state index contributed by atoms with van der Waals surface area (Å²) < 4.78 is 20.8. The summed E-state index contributed by atoms with van der Waals surface area (Å²) >= 11 is 0. The average molecular weight is 514 g/mol. The van der Waals surface area contributed by atoms with Crippen molar-refractivity contribution in [3.05, 3.63) is 90.2 Å². The molecule has 9 heteroatoms. The first-order chi connectivity index (χ1) is 18.5. The Morgan fingerprint density at radius 2 is 2.00 bits per heavy atom. The van der Waals surface area contributed by atoms with E-state index < -0.39 is 11.6 Å². The lowest BCUT2D eigenvalue weighted by atomic mass is 10.0. The number of aromatic amines is 1. The molecule has 0 spiro atoms. The van der Waals surface area contributed by atoms with Gasteiger partial charge in [-0.05, 0) is 56.7 Å². The predicted molar refractivity (Wildman–Crippen MR) is 143 cm³/mol. The van der Waals surface area contributed by atoms with Gasteiger partial charge in [-0.15, -0.1) is 0 Å². The lowest BCUT2D eigenvalue weighted by Crippen LogP contribution is -2.42. The number of nitrogens with one attached hydrogen (secondary N) is 2. The lowest BCUT2D eigenvalue weighted by molar-refractivity contribution is -0.112. The number of anilines is 1. The van der Waals surface area contributed by atoms with Crippen molar-refractivity contribution < 1.29 is 18.7 Å². The fraction of sp³-hybridized carbons (Fsp3) is 0.241. The molecular weight excluding hydrogens is 485 g/mol. The molecule has 0 saturated carbocycles. The predicted octanol–water partition coefficient (Wildman–Crippen LogP) is 5.14. The van der Waals surface area contributed by atoms with Crippen LogP contribution in [0.3, 0.4) is 0 Å². The van der Waals surface area contributed by atoms with Gasteiger partial charge >= 0.3 is 0 Å². The number of benzene rings is 2. The third-order valence-corrected chi connectivity index (χ3v) is 6.44. The molecule has 1 saturated heterocycles. The summed E-state index contributed by atoms with van der Waals surface area (Å²) in [6, 6.07) is 13.4. The Morgan fingerprint density at radius 1 is 1.16 bits per heavy atom. The highest BCUT2D eigenvalue weighted by atomic mass is 19.1. The highest BCUT2D eigenvalue weighted by molar-refractivity contribution is 6.18. The second-order valence-electron chi connectivity index (χ2n) is 9.29. The number of halogens is 1. The van der Waals surface area contributed by atoms with E-state index in [0.29, 0.717) is 34.9 Å². The summed E-state index contributed by atoms with van der Waals surface area (Å²) in [4.78, 5) is 38.6. The Bertz CT molecular complexity index is 1480. The van der Waals surface area contributed by atoms with Crippen molar-refractivity contribution >= 4 is 28.4 Å². The van der Waals surface area contributed by atoms with E-state index in [-0.39, 0.29) is 23.0 Å². The summed E-state index contributed by atoms with van der Waals surface area (Å²) in [5, 5.41) is 3.99. The van der Waals surface area contributed by atoms with Crippen LogP contribution in [0.25, 0.3) is 11.0 Å². The number of aromatic nitrogens is 3. The number of carbonyl (C=O) groups is 2. The number of ketones is 2. The van der Waals surface area contributed by atoms with E-state index in [2.05, 4.69) is 25.2 Å². The average Bonchev–Trinajstić information content (AvgIpc) is 3.34. The van der Waals surface area contributed by atoms with Gasteiger partial charge in [0.1, 0.15) is 35.1 Å². The number of hydrogen-bond acceptors (Lipinski definition) is 7. The van der Waals surface area contributed by atoms with Crippen molar-refractivity contribution in [3.63, 3.8) is 0 Å². The minimum atomic E-state index is -0.675. The Morgan fingerprint density at radius 3 is 2.79 bits per heavy atom. The largest absolute Gasteiger partial charge is 0.457 e. The van der Waals surface area contributed by atoms with Gasteiger partial charge in [-0.3, -0.25) is 14.5 Å². The number of fused-ring (bicyclic) bond motifs is 1. The molecule has 2 aromatic carbocycles. The lowest BCUT2D eigenvalue weighted by Gasteiger charge is -2.32. The number of ether oxygens (including phenoxy) is 1. The molecule has 1 aliphatic heterocycles. The first-order valence-corrected chi connectivity index (χ1v) is 12.5. The van der Waals surface area contributed by atoms with Gasteiger partial charge in [0, 0.05) is 31.4 Å². The molecule has 0 radical (unpaired) electrons. The van der Waals surface area contributed by atoms with Crippen molar-refractivity contribution in [2.24, 2.45) is 0 Å². The quantitative estimate of drug-likeness (QED) is 0.236. The molecule has 1 unspecified atom stereocenters. The minimum absolute atomic E-state index is 0.0273. The van der Waals surface area contributed by atoms with Gasteiger partial charge in [0.2, 0.25) is 0 Å². The van der Waals surface area contributed by atoms with E-state index in [0.717, 1.165) is 25.9 Å². The van der Waals surface area contributed by atoms with Crippen LogP contribution >= 0.6 is 0 Å². The van der Waals surface area contributed by atoms with Crippen molar-refractivity contribution in [3.8, 4) is 11.5 Å². The van der Waals surface area contributed by atoms with E-state index >= 15 is 4.39 Å². The van der Waals surface area contributed by atoms with Crippen LogP contribution in [-0.4, -0.2) is 57.1 Å². The smallest absolute Gasteiger partial charge is 0.198 e. The molecular formula is C29H28FN5O3. The maximum atomic E-state index is 15.1. The molecule has 2 N–H and O–H groups in total. The Labute approximate surface area is 219 Å². The number of nitrogens with zero attached hydrogens (tertiary/aromatic N) is 3. The highest BCUT2D eigenvalue weighted by Crippen LogP contribution is 2.29. The molecule has 0 amide bonds. The van der Waals surface area contributed by atoms with Crippen molar-refractivity contribution in [1.29, 1.82) is 0 Å². The molecule has 4 aromatic rings. The first kappa shape index (κ1) is 25.3. The van der Waals surface area contributed by atoms with E-state index in [1.165, 1.54) is 25.4 Å². The van der Waals surface area contributed by atoms with Gasteiger partial charge in [-0.1, -0.05) is 24.3 Å². The molecule has 0 bridgehead atoms. The zero-order valence-corrected chi connectivity index (χ0v) is 21.0. The van der Waals surface area contributed by atoms with E-state index in [1.807, 2.05) is 24.3 Å². The van der Waals surface area contributed by atoms with Crippen LogP contribution in [0.2, 0.25) is 0 Å². The topological polar surface area (TPSA) is 100 Å². The number of H-pyrrole nitrogens is 1. The van der Waals surface area contributed by atoms with E-state index in [4.69, 9.17) is 4.74 Å². The van der Waals surface area contributed by atoms with Gasteiger partial charge in [0.25, 0.3) is 0 Å². The number of likely N-dealkylation sites (tertiary alicyclic amines) is 1. The highest BCUT2D eigenvalue weighted by Gasteiger charge is 2.24. The van der Waals surface area contributed by atoms with E-state index in [1.54, 1.807) is 30.5 Å². The second kappa shape index (κ2) is 11.4. The Balaban J connectivity index is 1.36. The molecule has 2 aromatic heterocycles. The number of piperidine rings is 1. The fourth-order valence-electron chi connectivity index (χ4n) is 4.66. The van der Waals surface area contributed by atoms with Gasteiger partial charge in [-0.25, -0.2) is 14.4 Å². The number of hydrogen-bond donors (Lipinski definition) is 2. The summed E-state index contributed by atoms with van der Waals surface area (Å²) in [6.45, 7) is 3.93. The molecule has 38 heavy (non-hydrogen) atoms. The standard InChI is InChI=1S/C29H28FN5O3/c1-19(36)7-5-13-35-14-6-8-20(17-35)34-29-26-24(16-31-28(26)32-18-33-29)27(37)23-12-11-22(15-25(23)30)38-21-9-3-2-4-10-21/h2-5,7,9-12,15-16,18,20H,6,8,13-14,17H2,1H3,(H2,31,32,33,34)/b7-5+. The zero-order chi connectivity index (χ0) is 26.5. The van der Waals surface area contributed by atoms with Crippen LogP contribution in [0.15, 0.2) is 73.2 Å². The summed E-state index contributed by atoms with van der Waals surface area (Å²) in [5.74, 6) is 0.277. The SMILES string of the molecule is CC(=O)/C=C/CN1CCCC(Nc2ncnc3[nH]cc(C(=O)c4ccc(Oc5ccccc5)cc4F)c23)C1. The van der Waals surface area contributed by atoms with Gasteiger partial charge < -0.3 is 15.0 Å². The molecule has 1 atom stereocenters. The molecule has 0 aliphatic carbocycles. The normalized spacial score (nSPS) is 16.1. The van der Waals surface area contributed by atoms with Gasteiger partial charge in [-0.2, -0.15) is 0 Å². The van der Waals surface area contributed by atoms with Crippen LogP contribution in [0.4, 0.5) is 10.2 Å². The zero-order valence-electron chi connectivity index (χ0n) is 21.0. The third-order valence-electron chi connectivity index (χ3n) is 6.44. The van der Waals surface area contributed by atoms with Crippen LogP contribution in [-0.2, 0) is 4.79 Å². The molecule has 1 fully saturated rings. The number of para-hydroxylation sites is 1. The summed E-state index contributed by atoms with van der Waals surface area (Å²) in [5.41, 5.74) is 0.713. The van der Waals surface area contributed by atoms with E-state index in [9.17, 15) is 9.59 Å². The number of carbonyl (C=O) groups excluding carboxylic acids is 2. The van der Waals surface area contributed by atoms with Crippen molar-refractivity contribution in [1.82, 2.24) is 19.9 Å². The van der Waals surface area contributed by atoms with Crippen molar-refractivity contribution in [2.45, 2.75) is 25.8 Å². The Hall–Kier alpha value is -4.37. The molecule has 5 rings (SSSR count). The minimum Gasteiger partial charge on any atom is -0.457 e. The van der Waals surface area contributed by atoms with Gasteiger partial charge in [0.15, 0.2) is 11.6 Å². The summed E-state index contributed by atoms with van der Waals surface area (Å²) in [7, 11) is 0. The molecule has 3 heterocycles. The number of rotatable bonds is 9. The van der Waals surface area contributed by atoms with Crippen LogP contribution in [0.5, 0.6) is 11.5 Å². The monoisotopic (exact) mass is 513 g/mol. The first-order valence-electron chi connectivity index (χ1n) is 12.5. The van der Waals surface area contributed by atoms with Crippen LogP contribution in [0.1, 0.15) is 35.7 Å². The molecule has 1 aliphatic rings. The van der Waals surface area contributed by atoms with Gasteiger partial charge in [0.05, 0.1) is 16.5 Å². The maximum absolute atomic E-state index is 15.1. The third kappa shape index (κ3) is 5.78. The molecule has 8 nitrogen and oxygen atoms in total. The van der Waals surface area contributed by atoms with Crippen molar-refractivity contribution in [2.75, 3.05) is 25.0 Å². The number of allylic oxidation sites excluding steroid dienone is 1. The fourth-order valence-corrected chi connectivity index (χ4v) is 4.66. The second-order valence-corrected chi connectivity index (χ2v) is 9.29. The molecule has 194 valence electrons. The van der Waals surface area contributed by atoms with Crippen LogP contribution in [0, 0.1) is 5.82 Å².